The fraction of sp³-hybridized carbons (Fsp3) is 0.417. The number of methoxy groups -OCH3 is 1. The van der Waals surface area contributed by atoms with Crippen molar-refractivity contribution in [2.75, 3.05) is 7.11 Å². The number of ether oxygens (including phenoxy) is 1. The highest BCUT2D eigenvalue weighted by atomic mass is 16.5. The zero-order valence-corrected chi connectivity index (χ0v) is 18.1. The molecule has 1 atom stereocenters. The van der Waals surface area contributed by atoms with Crippen LogP contribution < -0.4 is 10.1 Å². The molecule has 29 heavy (non-hydrogen) atoms. The number of carbonyl (C=O) groups excluding carboxylic acids is 2. The molecule has 2 amide bonds. The Morgan fingerprint density at radius 2 is 1.76 bits per heavy atom. The van der Waals surface area contributed by atoms with Crippen LogP contribution in [-0.4, -0.2) is 35.9 Å². The van der Waals surface area contributed by atoms with E-state index in [-0.39, 0.29) is 24.3 Å². The quantitative estimate of drug-likeness (QED) is 0.700. The molecule has 0 aliphatic heterocycles. The van der Waals surface area contributed by atoms with Crippen LogP contribution in [0.15, 0.2) is 48.5 Å². The van der Waals surface area contributed by atoms with Gasteiger partial charge in [0.2, 0.25) is 11.8 Å². The lowest BCUT2D eigenvalue weighted by atomic mass is 10.1. The molecule has 1 N–H and O–H groups in total. The van der Waals surface area contributed by atoms with Gasteiger partial charge in [-0.1, -0.05) is 48.9 Å². The molecule has 2 rings (SSSR count). The molecule has 0 bridgehead atoms. The summed E-state index contributed by atoms with van der Waals surface area (Å²) in [6.45, 7) is 8.22. The second-order valence-electron chi connectivity index (χ2n) is 7.62. The number of nitrogens with one attached hydrogen (secondary N) is 1. The molecule has 2 aromatic carbocycles. The predicted molar refractivity (Wildman–Crippen MR) is 116 cm³/mol. The number of hydrogen-bond donors (Lipinski definition) is 1. The molecule has 5 nitrogen and oxygen atoms in total. The van der Waals surface area contributed by atoms with Crippen molar-refractivity contribution in [3.63, 3.8) is 0 Å². The van der Waals surface area contributed by atoms with Gasteiger partial charge in [0.05, 0.1) is 13.5 Å². The first kappa shape index (κ1) is 22.5. The maximum Gasteiger partial charge on any atom is 0.243 e. The Balaban J connectivity index is 2.27. The van der Waals surface area contributed by atoms with E-state index in [2.05, 4.69) is 11.4 Å². The summed E-state index contributed by atoms with van der Waals surface area (Å²) < 4.78 is 5.19. The van der Waals surface area contributed by atoms with E-state index in [1.165, 1.54) is 0 Å². The van der Waals surface area contributed by atoms with E-state index in [0.29, 0.717) is 13.0 Å². The van der Waals surface area contributed by atoms with Crippen LogP contribution in [0.4, 0.5) is 0 Å². The average molecular weight is 397 g/mol. The van der Waals surface area contributed by atoms with Crippen LogP contribution in [-0.2, 0) is 22.6 Å². The van der Waals surface area contributed by atoms with E-state index in [4.69, 9.17) is 4.74 Å². The molecule has 0 saturated heterocycles. The Kier molecular flexibility index (Phi) is 8.25. The number of carbonyl (C=O) groups is 2. The van der Waals surface area contributed by atoms with E-state index < -0.39 is 6.04 Å². The summed E-state index contributed by atoms with van der Waals surface area (Å²) in [7, 11) is 1.61. The largest absolute Gasteiger partial charge is 0.497 e. The molecule has 0 unspecified atom stereocenters. The van der Waals surface area contributed by atoms with Crippen LogP contribution in [0.25, 0.3) is 0 Å². The Labute approximate surface area is 174 Å². The minimum atomic E-state index is -0.510. The van der Waals surface area contributed by atoms with Gasteiger partial charge in [-0.15, -0.1) is 0 Å². The summed E-state index contributed by atoms with van der Waals surface area (Å²) in [5.41, 5.74) is 3.04. The first-order valence-corrected chi connectivity index (χ1v) is 10.1. The van der Waals surface area contributed by atoms with Crippen LogP contribution in [0.3, 0.4) is 0 Å². The molecule has 0 fully saturated rings. The van der Waals surface area contributed by atoms with E-state index in [9.17, 15) is 9.59 Å². The van der Waals surface area contributed by atoms with Gasteiger partial charge in [0, 0.05) is 12.6 Å². The van der Waals surface area contributed by atoms with Crippen LogP contribution in [0.2, 0.25) is 0 Å². The van der Waals surface area contributed by atoms with Crippen LogP contribution >= 0.6 is 0 Å². The standard InChI is InChI=1S/C24H32N2O3/c1-6-22(24(28)25-17(2)3)26(16-20-9-7-8-18(4)14-20)23(27)15-19-10-12-21(29-5)13-11-19/h7-14,17,22H,6,15-16H2,1-5H3,(H,25,28)/t22-/m1/s1. The molecule has 2 aromatic rings. The molecule has 0 aromatic heterocycles. The second kappa shape index (κ2) is 10.6. The first-order valence-electron chi connectivity index (χ1n) is 10.1. The van der Waals surface area contributed by atoms with E-state index >= 15 is 0 Å². The smallest absolute Gasteiger partial charge is 0.243 e. The molecular weight excluding hydrogens is 364 g/mol. The molecule has 156 valence electrons. The number of amides is 2. The SMILES string of the molecule is CC[C@H](C(=O)NC(C)C)N(Cc1cccc(C)c1)C(=O)Cc1ccc(OC)cc1. The zero-order chi connectivity index (χ0) is 21.4. The Hall–Kier alpha value is -2.82. The maximum atomic E-state index is 13.3. The van der Waals surface area contributed by atoms with Gasteiger partial charge in [-0.05, 0) is 50.5 Å². The van der Waals surface area contributed by atoms with Gasteiger partial charge < -0.3 is 15.0 Å². The van der Waals surface area contributed by atoms with Crippen molar-refractivity contribution in [2.24, 2.45) is 0 Å². The monoisotopic (exact) mass is 396 g/mol. The topological polar surface area (TPSA) is 58.6 Å². The second-order valence-corrected chi connectivity index (χ2v) is 7.62. The van der Waals surface area contributed by atoms with Crippen molar-refractivity contribution < 1.29 is 14.3 Å². The normalized spacial score (nSPS) is 11.8. The summed E-state index contributed by atoms with van der Waals surface area (Å²) in [4.78, 5) is 27.8. The van der Waals surface area contributed by atoms with Gasteiger partial charge in [0.1, 0.15) is 11.8 Å². The fourth-order valence-electron chi connectivity index (χ4n) is 3.33. The average Bonchev–Trinajstić information content (AvgIpc) is 2.68. The lowest BCUT2D eigenvalue weighted by Crippen LogP contribution is -2.50. The van der Waals surface area contributed by atoms with Crippen molar-refractivity contribution in [3.05, 3.63) is 65.2 Å². The molecule has 0 spiro atoms. The summed E-state index contributed by atoms with van der Waals surface area (Å²) in [5, 5.41) is 2.96. The summed E-state index contributed by atoms with van der Waals surface area (Å²) >= 11 is 0. The number of hydrogen-bond acceptors (Lipinski definition) is 3. The van der Waals surface area contributed by atoms with Gasteiger partial charge in [-0.25, -0.2) is 0 Å². The van der Waals surface area contributed by atoms with E-state index in [1.807, 2.05) is 70.2 Å². The highest BCUT2D eigenvalue weighted by Gasteiger charge is 2.29. The molecular formula is C24H32N2O3. The van der Waals surface area contributed by atoms with Gasteiger partial charge in [-0.2, -0.15) is 0 Å². The van der Waals surface area contributed by atoms with Crippen LogP contribution in [0, 0.1) is 6.92 Å². The van der Waals surface area contributed by atoms with Crippen molar-refractivity contribution >= 4 is 11.8 Å². The Morgan fingerprint density at radius 1 is 1.07 bits per heavy atom. The zero-order valence-electron chi connectivity index (χ0n) is 18.1. The van der Waals surface area contributed by atoms with Crippen LogP contribution in [0.1, 0.15) is 43.9 Å². The molecule has 0 saturated carbocycles. The third kappa shape index (κ3) is 6.63. The first-order chi connectivity index (χ1) is 13.8. The Morgan fingerprint density at radius 3 is 2.31 bits per heavy atom. The van der Waals surface area contributed by atoms with Crippen molar-refractivity contribution in [1.29, 1.82) is 0 Å². The van der Waals surface area contributed by atoms with Gasteiger partial charge in [0.15, 0.2) is 0 Å². The van der Waals surface area contributed by atoms with E-state index in [0.717, 1.165) is 22.4 Å². The lowest BCUT2D eigenvalue weighted by Gasteiger charge is -2.31. The van der Waals surface area contributed by atoms with Gasteiger partial charge >= 0.3 is 0 Å². The molecule has 0 radical (unpaired) electrons. The van der Waals surface area contributed by atoms with Crippen LogP contribution in [0.5, 0.6) is 5.75 Å². The third-order valence-electron chi connectivity index (χ3n) is 4.77. The predicted octanol–water partition coefficient (Wildman–Crippen LogP) is 3.88. The molecule has 0 aliphatic carbocycles. The number of aryl methyl sites for hydroxylation is 1. The highest BCUT2D eigenvalue weighted by molar-refractivity contribution is 5.88. The van der Waals surface area contributed by atoms with Gasteiger partial charge in [0.25, 0.3) is 0 Å². The molecule has 0 aliphatic rings. The van der Waals surface area contributed by atoms with E-state index in [1.54, 1.807) is 12.0 Å². The highest BCUT2D eigenvalue weighted by Crippen LogP contribution is 2.17. The summed E-state index contributed by atoms with van der Waals surface area (Å²) in [6, 6.07) is 15.0. The van der Waals surface area contributed by atoms with Crippen molar-refractivity contribution in [1.82, 2.24) is 10.2 Å². The minimum Gasteiger partial charge on any atom is -0.497 e. The molecule has 5 heteroatoms. The number of benzene rings is 2. The minimum absolute atomic E-state index is 0.0223. The summed E-state index contributed by atoms with van der Waals surface area (Å²) in [6.07, 6.45) is 0.792. The van der Waals surface area contributed by atoms with Crippen molar-refractivity contribution in [2.45, 2.75) is 59.2 Å². The number of nitrogens with zero attached hydrogens (tertiary/aromatic N) is 1. The number of rotatable bonds is 9. The molecule has 0 heterocycles. The van der Waals surface area contributed by atoms with Gasteiger partial charge in [-0.3, -0.25) is 9.59 Å². The summed E-state index contributed by atoms with van der Waals surface area (Å²) in [5.74, 6) is 0.571. The fourth-order valence-corrected chi connectivity index (χ4v) is 3.33. The maximum absolute atomic E-state index is 13.3. The third-order valence-corrected chi connectivity index (χ3v) is 4.77. The van der Waals surface area contributed by atoms with Crippen molar-refractivity contribution in [3.8, 4) is 5.75 Å². The Bertz CT molecular complexity index is 815. The lowest BCUT2D eigenvalue weighted by molar-refractivity contribution is -0.141.